The number of aliphatic carboxylic acids is 1. The van der Waals surface area contributed by atoms with Crippen molar-refractivity contribution in [3.8, 4) is 0 Å². The smallest absolute Gasteiger partial charge is 0.309 e. The lowest BCUT2D eigenvalue weighted by Crippen LogP contribution is -2.49. The zero-order valence-electron chi connectivity index (χ0n) is 7.14. The second kappa shape index (κ2) is 3.39. The maximum Gasteiger partial charge on any atom is 0.309 e. The van der Waals surface area contributed by atoms with Crippen molar-refractivity contribution in [3.63, 3.8) is 0 Å². The van der Waals surface area contributed by atoms with Crippen LogP contribution >= 0.6 is 0 Å². The number of hydrogen-bond acceptors (Lipinski definition) is 2. The van der Waals surface area contributed by atoms with Gasteiger partial charge < -0.3 is 10.4 Å². The number of nitrogens with one attached hydrogen (secondary N) is 1. The molecule has 0 radical (unpaired) electrons. The number of rotatable bonds is 2. The quantitative estimate of drug-likeness (QED) is 0.652. The third kappa shape index (κ3) is 1.75. The molecular weight excluding hydrogens is 161 g/mol. The Hall–Kier alpha value is -0.640. The maximum atomic E-state index is 13.8. The third-order valence-electron chi connectivity index (χ3n) is 2.51. The van der Waals surface area contributed by atoms with Gasteiger partial charge in [-0.25, -0.2) is 4.39 Å². The molecule has 1 aliphatic heterocycles. The molecule has 1 fully saturated rings. The van der Waals surface area contributed by atoms with Crippen molar-refractivity contribution < 1.29 is 14.3 Å². The van der Waals surface area contributed by atoms with Gasteiger partial charge in [-0.1, -0.05) is 0 Å². The van der Waals surface area contributed by atoms with Gasteiger partial charge in [-0.3, -0.25) is 4.79 Å². The highest BCUT2D eigenvalue weighted by molar-refractivity contribution is 5.71. The summed E-state index contributed by atoms with van der Waals surface area (Å²) in [4.78, 5) is 10.5. The molecule has 1 rings (SSSR count). The van der Waals surface area contributed by atoms with Gasteiger partial charge in [0.05, 0.1) is 5.92 Å². The highest BCUT2D eigenvalue weighted by atomic mass is 19.1. The van der Waals surface area contributed by atoms with Crippen LogP contribution in [0.5, 0.6) is 0 Å². The first kappa shape index (κ1) is 9.45. The Morgan fingerprint density at radius 2 is 2.42 bits per heavy atom. The molecule has 0 saturated carbocycles. The van der Waals surface area contributed by atoms with Crippen molar-refractivity contribution in [2.45, 2.75) is 25.4 Å². The van der Waals surface area contributed by atoms with E-state index in [-0.39, 0.29) is 6.54 Å². The minimum Gasteiger partial charge on any atom is -0.481 e. The standard InChI is InChI=1S/C8H14FNO2/c1-6(7(11)12)8(9)3-2-4-10-5-8/h6,10H,2-5H2,1H3,(H,11,12). The number of carbonyl (C=O) groups is 1. The van der Waals surface area contributed by atoms with Crippen molar-refractivity contribution in [1.82, 2.24) is 5.32 Å². The van der Waals surface area contributed by atoms with Crippen LogP contribution in [-0.2, 0) is 4.79 Å². The van der Waals surface area contributed by atoms with E-state index in [2.05, 4.69) is 5.32 Å². The fourth-order valence-corrected chi connectivity index (χ4v) is 1.48. The summed E-state index contributed by atoms with van der Waals surface area (Å²) in [6.07, 6.45) is 1.07. The molecule has 0 bridgehead atoms. The van der Waals surface area contributed by atoms with Gasteiger partial charge in [0.2, 0.25) is 0 Å². The molecule has 0 spiro atoms. The highest BCUT2D eigenvalue weighted by Gasteiger charge is 2.41. The van der Waals surface area contributed by atoms with Gasteiger partial charge in [-0.05, 0) is 26.3 Å². The Morgan fingerprint density at radius 1 is 1.75 bits per heavy atom. The molecular formula is C8H14FNO2. The summed E-state index contributed by atoms with van der Waals surface area (Å²) in [6, 6.07) is 0. The van der Waals surface area contributed by atoms with E-state index in [0.717, 1.165) is 6.54 Å². The first-order chi connectivity index (χ1) is 5.56. The van der Waals surface area contributed by atoms with Crippen LogP contribution in [-0.4, -0.2) is 29.8 Å². The monoisotopic (exact) mass is 175 g/mol. The molecule has 0 amide bonds. The molecule has 2 N–H and O–H groups in total. The zero-order valence-corrected chi connectivity index (χ0v) is 7.14. The van der Waals surface area contributed by atoms with E-state index in [1.54, 1.807) is 0 Å². The number of hydrogen-bond donors (Lipinski definition) is 2. The number of carboxylic acid groups (broad SMARTS) is 1. The lowest BCUT2D eigenvalue weighted by Gasteiger charge is -2.33. The van der Waals surface area contributed by atoms with Crippen molar-refractivity contribution in [3.05, 3.63) is 0 Å². The molecule has 0 aromatic heterocycles. The molecule has 0 aliphatic carbocycles. The first-order valence-corrected chi connectivity index (χ1v) is 4.19. The molecule has 1 saturated heterocycles. The Kier molecular flexibility index (Phi) is 2.67. The van der Waals surface area contributed by atoms with Crippen LogP contribution in [0.25, 0.3) is 0 Å². The Labute approximate surface area is 71.0 Å². The minimum atomic E-state index is -1.55. The molecule has 1 heterocycles. The summed E-state index contributed by atoms with van der Waals surface area (Å²) < 4.78 is 13.8. The average Bonchev–Trinajstić information content (AvgIpc) is 2.04. The summed E-state index contributed by atoms with van der Waals surface area (Å²) in [5.41, 5.74) is -1.55. The Morgan fingerprint density at radius 3 is 2.83 bits per heavy atom. The summed E-state index contributed by atoms with van der Waals surface area (Å²) in [6.45, 7) is 2.38. The zero-order chi connectivity index (χ0) is 9.19. The number of alkyl halides is 1. The average molecular weight is 175 g/mol. The van der Waals surface area contributed by atoms with Gasteiger partial charge in [-0.2, -0.15) is 0 Å². The van der Waals surface area contributed by atoms with Crippen LogP contribution in [0, 0.1) is 5.92 Å². The van der Waals surface area contributed by atoms with Crippen molar-refractivity contribution >= 4 is 5.97 Å². The molecule has 3 nitrogen and oxygen atoms in total. The number of piperidine rings is 1. The Balaban J connectivity index is 2.62. The van der Waals surface area contributed by atoms with Crippen LogP contribution in [0.2, 0.25) is 0 Å². The SMILES string of the molecule is CC(C(=O)O)C1(F)CCCNC1. The van der Waals surface area contributed by atoms with Gasteiger partial charge >= 0.3 is 5.97 Å². The lowest BCUT2D eigenvalue weighted by atomic mass is 9.84. The normalized spacial score (nSPS) is 32.8. The summed E-state index contributed by atoms with van der Waals surface area (Å²) in [5.74, 6) is -1.97. The first-order valence-electron chi connectivity index (χ1n) is 4.19. The molecule has 2 unspecified atom stereocenters. The number of halogens is 1. The molecule has 2 atom stereocenters. The van der Waals surface area contributed by atoms with E-state index in [4.69, 9.17) is 5.11 Å². The van der Waals surface area contributed by atoms with Crippen molar-refractivity contribution in [2.24, 2.45) is 5.92 Å². The predicted octanol–water partition coefficient (Wildman–Crippen LogP) is 0.799. The molecule has 1 aliphatic rings. The molecule has 4 heteroatoms. The molecule has 0 aromatic carbocycles. The van der Waals surface area contributed by atoms with Crippen LogP contribution in [0.3, 0.4) is 0 Å². The Bertz CT molecular complexity index is 178. The molecule has 70 valence electrons. The summed E-state index contributed by atoms with van der Waals surface area (Å²) >= 11 is 0. The minimum absolute atomic E-state index is 0.167. The maximum absolute atomic E-state index is 13.8. The summed E-state index contributed by atoms with van der Waals surface area (Å²) in [7, 11) is 0. The van der Waals surface area contributed by atoms with E-state index in [9.17, 15) is 9.18 Å². The van der Waals surface area contributed by atoms with E-state index in [0.29, 0.717) is 12.8 Å². The topological polar surface area (TPSA) is 49.3 Å². The highest BCUT2D eigenvalue weighted by Crippen LogP contribution is 2.29. The van der Waals surface area contributed by atoms with E-state index < -0.39 is 17.6 Å². The van der Waals surface area contributed by atoms with Gasteiger partial charge in [0.15, 0.2) is 0 Å². The fraction of sp³-hybridized carbons (Fsp3) is 0.875. The van der Waals surface area contributed by atoms with Crippen molar-refractivity contribution in [1.29, 1.82) is 0 Å². The predicted molar refractivity (Wildman–Crippen MR) is 42.7 cm³/mol. The summed E-state index contributed by atoms with van der Waals surface area (Å²) in [5, 5.41) is 11.5. The molecule has 0 aromatic rings. The second-order valence-electron chi connectivity index (χ2n) is 3.37. The van der Waals surface area contributed by atoms with E-state index >= 15 is 0 Å². The van der Waals surface area contributed by atoms with Crippen LogP contribution in [0.15, 0.2) is 0 Å². The van der Waals surface area contributed by atoms with Gasteiger partial charge in [-0.15, -0.1) is 0 Å². The lowest BCUT2D eigenvalue weighted by molar-refractivity contribution is -0.147. The van der Waals surface area contributed by atoms with E-state index in [1.807, 2.05) is 0 Å². The van der Waals surface area contributed by atoms with Crippen LogP contribution in [0.1, 0.15) is 19.8 Å². The second-order valence-corrected chi connectivity index (χ2v) is 3.37. The molecule has 12 heavy (non-hydrogen) atoms. The number of carboxylic acids is 1. The van der Waals surface area contributed by atoms with E-state index in [1.165, 1.54) is 6.92 Å². The fourth-order valence-electron chi connectivity index (χ4n) is 1.48. The third-order valence-corrected chi connectivity index (χ3v) is 2.51. The van der Waals surface area contributed by atoms with Gasteiger partial charge in [0.1, 0.15) is 5.67 Å². The van der Waals surface area contributed by atoms with Gasteiger partial charge in [0, 0.05) is 6.54 Å². The van der Waals surface area contributed by atoms with Crippen LogP contribution < -0.4 is 5.32 Å². The largest absolute Gasteiger partial charge is 0.481 e. The van der Waals surface area contributed by atoms with Gasteiger partial charge in [0.25, 0.3) is 0 Å². The van der Waals surface area contributed by atoms with Crippen molar-refractivity contribution in [2.75, 3.05) is 13.1 Å². The van der Waals surface area contributed by atoms with Crippen LogP contribution in [0.4, 0.5) is 4.39 Å².